The quantitative estimate of drug-likeness (QED) is 0.595. The van der Waals surface area contributed by atoms with Gasteiger partial charge in [-0.2, -0.15) is 0 Å². The van der Waals surface area contributed by atoms with Crippen molar-refractivity contribution < 1.29 is 4.79 Å². The smallest absolute Gasteiger partial charge is 0.176 e. The highest BCUT2D eigenvalue weighted by atomic mass is 32.2. The van der Waals surface area contributed by atoms with Crippen LogP contribution < -0.4 is 5.32 Å². The van der Waals surface area contributed by atoms with Gasteiger partial charge in [-0.25, -0.2) is 0 Å². The van der Waals surface area contributed by atoms with Crippen LogP contribution in [0, 0.1) is 0 Å². The molecule has 2 nitrogen and oxygen atoms in total. The number of Topliss-reactive ketones (excluding diaryl/α,β-unsaturated/α-hetero) is 1. The van der Waals surface area contributed by atoms with Gasteiger partial charge in [-0.05, 0) is 24.9 Å². The van der Waals surface area contributed by atoms with Crippen LogP contribution in [0.4, 0.5) is 0 Å². The van der Waals surface area contributed by atoms with Crippen molar-refractivity contribution in [2.24, 2.45) is 0 Å². The molecule has 1 rings (SSSR count). The number of hydrogen-bond acceptors (Lipinski definition) is 3. The number of carbonyl (C=O) groups excluding carboxylic acids is 1. The largest absolute Gasteiger partial charge is 0.310 e. The Bertz CT molecular complexity index is 295. The van der Waals surface area contributed by atoms with Gasteiger partial charge in [0.2, 0.25) is 0 Å². The summed E-state index contributed by atoms with van der Waals surface area (Å²) in [6.45, 7) is 3.24. The first kappa shape index (κ1) is 11.3. The van der Waals surface area contributed by atoms with E-state index in [4.69, 9.17) is 0 Å². The number of carbonyl (C=O) groups is 1. The van der Waals surface area contributed by atoms with Crippen molar-refractivity contribution in [3.8, 4) is 0 Å². The Morgan fingerprint density at radius 1 is 1.36 bits per heavy atom. The van der Waals surface area contributed by atoms with E-state index in [9.17, 15) is 4.79 Å². The van der Waals surface area contributed by atoms with E-state index >= 15 is 0 Å². The summed E-state index contributed by atoms with van der Waals surface area (Å²) in [6.07, 6.45) is 2.02. The van der Waals surface area contributed by atoms with Gasteiger partial charge < -0.3 is 5.32 Å². The Morgan fingerprint density at radius 3 is 2.50 bits per heavy atom. The van der Waals surface area contributed by atoms with Crippen molar-refractivity contribution in [3.05, 3.63) is 29.8 Å². The van der Waals surface area contributed by atoms with E-state index in [0.717, 1.165) is 12.1 Å². The molecule has 0 fully saturated rings. The number of nitrogens with one attached hydrogen (secondary N) is 1. The molecule has 0 atom stereocenters. The SMILES string of the molecule is CCNCC(=O)c1ccc(SC)cc1. The predicted molar refractivity (Wildman–Crippen MR) is 61.1 cm³/mol. The lowest BCUT2D eigenvalue weighted by Crippen LogP contribution is -2.22. The summed E-state index contributed by atoms with van der Waals surface area (Å²) in [5.74, 6) is 0.152. The van der Waals surface area contributed by atoms with Gasteiger partial charge in [-0.3, -0.25) is 4.79 Å². The van der Waals surface area contributed by atoms with Crippen LogP contribution in [0.15, 0.2) is 29.2 Å². The summed E-state index contributed by atoms with van der Waals surface area (Å²) in [4.78, 5) is 12.7. The molecule has 0 aliphatic rings. The van der Waals surface area contributed by atoms with Gasteiger partial charge >= 0.3 is 0 Å². The van der Waals surface area contributed by atoms with E-state index in [1.807, 2.05) is 37.4 Å². The molecule has 0 aromatic heterocycles. The molecule has 0 saturated heterocycles. The van der Waals surface area contributed by atoms with Gasteiger partial charge in [0.1, 0.15) is 0 Å². The average molecular weight is 209 g/mol. The van der Waals surface area contributed by atoms with Crippen LogP contribution in [-0.2, 0) is 0 Å². The van der Waals surface area contributed by atoms with E-state index in [-0.39, 0.29) is 5.78 Å². The molecule has 0 heterocycles. The summed E-state index contributed by atoms with van der Waals surface area (Å²) in [5, 5.41) is 3.02. The summed E-state index contributed by atoms with van der Waals surface area (Å²) in [6, 6.07) is 7.71. The fourth-order valence-corrected chi connectivity index (χ4v) is 1.53. The second-order valence-corrected chi connectivity index (χ2v) is 3.81. The summed E-state index contributed by atoms with van der Waals surface area (Å²) in [7, 11) is 0. The number of rotatable bonds is 5. The molecule has 0 amide bonds. The maximum absolute atomic E-state index is 11.5. The van der Waals surface area contributed by atoms with E-state index < -0.39 is 0 Å². The first-order chi connectivity index (χ1) is 6.77. The Labute approximate surface area is 89.1 Å². The molecule has 0 saturated carbocycles. The van der Waals surface area contributed by atoms with Crippen molar-refractivity contribution in [2.45, 2.75) is 11.8 Å². The molecule has 0 radical (unpaired) electrons. The summed E-state index contributed by atoms with van der Waals surface area (Å²) >= 11 is 1.68. The first-order valence-corrected chi connectivity index (χ1v) is 5.88. The number of benzene rings is 1. The fraction of sp³-hybridized carbons (Fsp3) is 0.364. The molecule has 1 aromatic rings. The maximum Gasteiger partial charge on any atom is 0.176 e. The van der Waals surface area contributed by atoms with Gasteiger partial charge in [0, 0.05) is 10.5 Å². The second-order valence-electron chi connectivity index (χ2n) is 2.93. The lowest BCUT2D eigenvalue weighted by Gasteiger charge is -2.02. The Morgan fingerprint density at radius 2 is 2.00 bits per heavy atom. The Hall–Kier alpha value is -0.800. The highest BCUT2D eigenvalue weighted by molar-refractivity contribution is 7.98. The van der Waals surface area contributed by atoms with Gasteiger partial charge in [0.25, 0.3) is 0 Å². The standard InChI is InChI=1S/C11H15NOS/c1-3-12-8-11(13)9-4-6-10(14-2)7-5-9/h4-7,12H,3,8H2,1-2H3. The van der Waals surface area contributed by atoms with E-state index in [2.05, 4.69) is 5.32 Å². The molecule has 76 valence electrons. The van der Waals surface area contributed by atoms with Crippen LogP contribution in [0.1, 0.15) is 17.3 Å². The second kappa shape index (κ2) is 5.83. The topological polar surface area (TPSA) is 29.1 Å². The number of likely N-dealkylation sites (N-methyl/N-ethyl adjacent to an activating group) is 1. The zero-order chi connectivity index (χ0) is 10.4. The van der Waals surface area contributed by atoms with Gasteiger partial charge in [0.15, 0.2) is 5.78 Å². The molecule has 0 bridgehead atoms. The highest BCUT2D eigenvalue weighted by Crippen LogP contribution is 2.14. The molecule has 0 spiro atoms. The third-order valence-corrected chi connectivity index (χ3v) is 2.69. The predicted octanol–water partition coefficient (Wildman–Crippen LogP) is 2.20. The average Bonchev–Trinajstić information content (AvgIpc) is 2.26. The number of hydrogen-bond donors (Lipinski definition) is 1. The van der Waals surface area contributed by atoms with Gasteiger partial charge in [0.05, 0.1) is 6.54 Å². The Kier molecular flexibility index (Phi) is 4.70. The Balaban J connectivity index is 2.62. The minimum atomic E-state index is 0.152. The zero-order valence-corrected chi connectivity index (χ0v) is 9.36. The molecule has 0 aliphatic heterocycles. The maximum atomic E-state index is 11.5. The number of ketones is 1. The molecule has 0 aliphatic carbocycles. The molecule has 14 heavy (non-hydrogen) atoms. The van der Waals surface area contributed by atoms with Crippen LogP contribution in [0.2, 0.25) is 0 Å². The van der Waals surface area contributed by atoms with Crippen LogP contribution in [0.5, 0.6) is 0 Å². The van der Waals surface area contributed by atoms with E-state index in [0.29, 0.717) is 6.54 Å². The molecule has 1 N–H and O–H groups in total. The third-order valence-electron chi connectivity index (χ3n) is 1.95. The molecule has 3 heteroatoms. The molecule has 0 unspecified atom stereocenters. The lowest BCUT2D eigenvalue weighted by atomic mass is 10.1. The van der Waals surface area contributed by atoms with Crippen LogP contribution in [0.3, 0.4) is 0 Å². The molecular weight excluding hydrogens is 194 g/mol. The fourth-order valence-electron chi connectivity index (χ4n) is 1.12. The van der Waals surface area contributed by atoms with Crippen molar-refractivity contribution in [3.63, 3.8) is 0 Å². The van der Waals surface area contributed by atoms with Crippen LogP contribution in [0.25, 0.3) is 0 Å². The highest BCUT2D eigenvalue weighted by Gasteiger charge is 2.03. The summed E-state index contributed by atoms with van der Waals surface area (Å²) < 4.78 is 0. The van der Waals surface area contributed by atoms with Crippen molar-refractivity contribution in [1.82, 2.24) is 5.32 Å². The van der Waals surface area contributed by atoms with Crippen molar-refractivity contribution in [2.75, 3.05) is 19.3 Å². The number of thioether (sulfide) groups is 1. The summed E-state index contributed by atoms with van der Waals surface area (Å²) in [5.41, 5.74) is 0.781. The van der Waals surface area contributed by atoms with Gasteiger partial charge in [-0.1, -0.05) is 19.1 Å². The van der Waals surface area contributed by atoms with Gasteiger partial charge in [-0.15, -0.1) is 11.8 Å². The monoisotopic (exact) mass is 209 g/mol. The minimum absolute atomic E-state index is 0.152. The minimum Gasteiger partial charge on any atom is -0.310 e. The molecule has 1 aromatic carbocycles. The van der Waals surface area contributed by atoms with E-state index in [1.165, 1.54) is 4.90 Å². The van der Waals surface area contributed by atoms with Crippen LogP contribution in [-0.4, -0.2) is 25.1 Å². The normalized spacial score (nSPS) is 10.1. The van der Waals surface area contributed by atoms with Crippen LogP contribution >= 0.6 is 11.8 Å². The third kappa shape index (κ3) is 3.16. The first-order valence-electron chi connectivity index (χ1n) is 4.66. The zero-order valence-electron chi connectivity index (χ0n) is 8.54. The van der Waals surface area contributed by atoms with E-state index in [1.54, 1.807) is 11.8 Å². The van der Waals surface area contributed by atoms with Crippen molar-refractivity contribution >= 4 is 17.5 Å². The molecular formula is C11H15NOS. The lowest BCUT2D eigenvalue weighted by molar-refractivity contribution is 0.0991. The van der Waals surface area contributed by atoms with Crippen molar-refractivity contribution in [1.29, 1.82) is 0 Å².